The van der Waals surface area contributed by atoms with E-state index in [1.807, 2.05) is 6.07 Å². The topological polar surface area (TPSA) is 113 Å². The van der Waals surface area contributed by atoms with E-state index in [1.165, 1.54) is 23.1 Å². The standard InChI is InChI=1S/C24H18F7N7O2/c1-3-37(22(12-33)6-7-22)20(39)16-8-13(4-5-14(16)9-32)15-10-34-38(11-15)19-17(40-21(25)26)18(35-36(19)2)23(27,28)24(29,30)31/h4-5,8,10-11,21H,3,6-7H2,1-2H3. The van der Waals surface area contributed by atoms with Crippen LogP contribution in [0.25, 0.3) is 16.9 Å². The van der Waals surface area contributed by atoms with Crippen LogP contribution in [0.1, 0.15) is 41.4 Å². The molecule has 16 heteroatoms. The van der Waals surface area contributed by atoms with Crippen LogP contribution < -0.4 is 4.74 Å². The van der Waals surface area contributed by atoms with Gasteiger partial charge in [-0.3, -0.25) is 4.79 Å². The molecule has 0 radical (unpaired) electrons. The van der Waals surface area contributed by atoms with Crippen LogP contribution in [0, 0.1) is 22.7 Å². The Bertz CT molecular complexity index is 1540. The summed E-state index contributed by atoms with van der Waals surface area (Å²) in [4.78, 5) is 14.7. The molecular formula is C24H18F7N7O2. The number of alkyl halides is 7. The normalized spacial score (nSPS) is 14.5. The van der Waals surface area contributed by atoms with Gasteiger partial charge in [-0.25, -0.2) is 9.36 Å². The fourth-order valence-corrected chi connectivity index (χ4v) is 4.22. The molecular weight excluding hydrogens is 551 g/mol. The van der Waals surface area contributed by atoms with Crippen molar-refractivity contribution in [3.63, 3.8) is 0 Å². The summed E-state index contributed by atoms with van der Waals surface area (Å²) in [6.07, 6.45) is -2.97. The highest BCUT2D eigenvalue weighted by Gasteiger charge is 2.62. The molecule has 2 aromatic heterocycles. The van der Waals surface area contributed by atoms with E-state index in [0.717, 1.165) is 19.4 Å². The van der Waals surface area contributed by atoms with Gasteiger partial charge in [-0.2, -0.15) is 51.5 Å². The molecule has 1 amide bonds. The third-order valence-electron chi connectivity index (χ3n) is 6.35. The van der Waals surface area contributed by atoms with Gasteiger partial charge in [0.1, 0.15) is 5.54 Å². The number of benzene rings is 1. The first kappa shape index (κ1) is 28.4. The van der Waals surface area contributed by atoms with Gasteiger partial charge in [0, 0.05) is 25.4 Å². The first-order valence-corrected chi connectivity index (χ1v) is 11.5. The fraction of sp³-hybridized carbons (Fsp3) is 0.375. The molecule has 1 aromatic carbocycles. The number of nitrogens with zero attached hydrogens (tertiary/aromatic N) is 7. The quantitative estimate of drug-likeness (QED) is 0.356. The Hall–Kier alpha value is -4.60. The van der Waals surface area contributed by atoms with Gasteiger partial charge in [0.2, 0.25) is 0 Å². The van der Waals surface area contributed by atoms with Crippen molar-refractivity contribution in [3.05, 3.63) is 47.4 Å². The van der Waals surface area contributed by atoms with E-state index >= 15 is 0 Å². The Labute approximate surface area is 221 Å². The Morgan fingerprint density at radius 2 is 1.88 bits per heavy atom. The summed E-state index contributed by atoms with van der Waals surface area (Å²) < 4.78 is 98.6. The van der Waals surface area contributed by atoms with Crippen molar-refractivity contribution in [1.29, 1.82) is 10.5 Å². The smallest absolute Gasteiger partial charge is 0.428 e. The number of rotatable bonds is 8. The number of carbonyl (C=O) groups is 1. The highest BCUT2D eigenvalue weighted by atomic mass is 19.4. The number of hydrogen-bond donors (Lipinski definition) is 0. The van der Waals surface area contributed by atoms with Crippen LogP contribution in [0.3, 0.4) is 0 Å². The molecule has 0 aliphatic heterocycles. The molecule has 1 aliphatic carbocycles. The second-order valence-corrected chi connectivity index (χ2v) is 8.81. The van der Waals surface area contributed by atoms with Gasteiger partial charge in [0.15, 0.2) is 17.3 Å². The molecule has 1 aliphatic rings. The lowest BCUT2D eigenvalue weighted by molar-refractivity contribution is -0.291. The fourth-order valence-electron chi connectivity index (χ4n) is 4.22. The van der Waals surface area contributed by atoms with Gasteiger partial charge >= 0.3 is 18.7 Å². The van der Waals surface area contributed by atoms with Crippen molar-refractivity contribution < 1.29 is 40.3 Å². The van der Waals surface area contributed by atoms with Gasteiger partial charge in [0.25, 0.3) is 5.91 Å². The molecule has 4 rings (SSSR count). The minimum absolute atomic E-state index is 0.00612. The minimum atomic E-state index is -6.16. The van der Waals surface area contributed by atoms with E-state index in [2.05, 4.69) is 21.0 Å². The molecule has 0 unspecified atom stereocenters. The van der Waals surface area contributed by atoms with Crippen molar-refractivity contribution in [3.8, 4) is 34.8 Å². The third kappa shape index (κ3) is 4.70. The number of carbonyl (C=O) groups excluding carboxylic acids is 1. The molecule has 40 heavy (non-hydrogen) atoms. The zero-order valence-corrected chi connectivity index (χ0v) is 20.7. The van der Waals surface area contributed by atoms with Crippen molar-refractivity contribution in [2.45, 2.75) is 44.0 Å². The molecule has 3 aromatic rings. The number of nitriles is 2. The van der Waals surface area contributed by atoms with Crippen LogP contribution in [0.15, 0.2) is 30.6 Å². The number of ether oxygens (including phenoxy) is 1. The molecule has 210 valence electrons. The summed E-state index contributed by atoms with van der Waals surface area (Å²) in [6, 6.07) is 8.11. The third-order valence-corrected chi connectivity index (χ3v) is 6.35. The maximum atomic E-state index is 14.1. The summed E-state index contributed by atoms with van der Waals surface area (Å²) in [6.45, 7) is -1.89. The molecule has 0 bridgehead atoms. The number of aryl methyl sites for hydroxylation is 1. The summed E-state index contributed by atoms with van der Waals surface area (Å²) in [5.74, 6) is -8.49. The predicted octanol–water partition coefficient (Wildman–Crippen LogP) is 4.92. The maximum absolute atomic E-state index is 14.1. The van der Waals surface area contributed by atoms with Crippen molar-refractivity contribution >= 4 is 5.91 Å². The monoisotopic (exact) mass is 569 g/mol. The second-order valence-electron chi connectivity index (χ2n) is 8.81. The van der Waals surface area contributed by atoms with Crippen molar-refractivity contribution in [2.24, 2.45) is 7.05 Å². The van der Waals surface area contributed by atoms with E-state index in [9.17, 15) is 46.1 Å². The molecule has 0 saturated heterocycles. The molecule has 0 N–H and O–H groups in total. The maximum Gasteiger partial charge on any atom is 0.459 e. The average Bonchev–Trinajstić information content (AvgIpc) is 3.40. The van der Waals surface area contributed by atoms with Crippen molar-refractivity contribution in [2.75, 3.05) is 6.54 Å². The van der Waals surface area contributed by atoms with E-state index in [4.69, 9.17) is 0 Å². The van der Waals surface area contributed by atoms with E-state index in [1.54, 1.807) is 6.92 Å². The van der Waals surface area contributed by atoms with E-state index in [-0.39, 0.29) is 28.8 Å². The van der Waals surface area contributed by atoms with Crippen LogP contribution in [0.5, 0.6) is 5.75 Å². The van der Waals surface area contributed by atoms with E-state index < -0.39 is 47.4 Å². The van der Waals surface area contributed by atoms with Gasteiger partial charge in [0.05, 0.1) is 29.5 Å². The zero-order valence-electron chi connectivity index (χ0n) is 20.7. The molecule has 9 nitrogen and oxygen atoms in total. The van der Waals surface area contributed by atoms with Gasteiger partial charge in [-0.15, -0.1) is 0 Å². The minimum Gasteiger partial charge on any atom is -0.428 e. The summed E-state index contributed by atoms with van der Waals surface area (Å²) in [5.41, 5.74) is -2.64. The van der Waals surface area contributed by atoms with Gasteiger partial charge in [-0.05, 0) is 37.5 Å². The molecule has 1 fully saturated rings. The van der Waals surface area contributed by atoms with Crippen molar-refractivity contribution in [1.82, 2.24) is 24.5 Å². The number of halogens is 7. The number of amides is 1. The summed E-state index contributed by atoms with van der Waals surface area (Å²) >= 11 is 0. The molecule has 0 spiro atoms. The molecule has 1 saturated carbocycles. The lowest BCUT2D eigenvalue weighted by Crippen LogP contribution is -2.41. The lowest BCUT2D eigenvalue weighted by atomic mass is 10.00. The summed E-state index contributed by atoms with van der Waals surface area (Å²) in [7, 11) is 0.936. The first-order chi connectivity index (χ1) is 18.7. The summed E-state index contributed by atoms with van der Waals surface area (Å²) in [5, 5.41) is 26.1. The molecule has 2 heterocycles. The van der Waals surface area contributed by atoms with Crippen LogP contribution in [-0.4, -0.2) is 55.2 Å². The van der Waals surface area contributed by atoms with Crippen LogP contribution in [0.2, 0.25) is 0 Å². The van der Waals surface area contributed by atoms with Crippen LogP contribution >= 0.6 is 0 Å². The highest BCUT2D eigenvalue weighted by Crippen LogP contribution is 2.48. The van der Waals surface area contributed by atoms with Crippen LogP contribution in [0.4, 0.5) is 30.7 Å². The van der Waals surface area contributed by atoms with Crippen LogP contribution in [-0.2, 0) is 13.0 Å². The average molecular weight is 569 g/mol. The Morgan fingerprint density at radius 1 is 1.20 bits per heavy atom. The van der Waals surface area contributed by atoms with Gasteiger partial charge < -0.3 is 9.64 Å². The lowest BCUT2D eigenvalue weighted by Gasteiger charge is -2.26. The predicted molar refractivity (Wildman–Crippen MR) is 121 cm³/mol. The molecule has 0 atom stereocenters. The Balaban J connectivity index is 1.79. The highest BCUT2D eigenvalue weighted by molar-refractivity contribution is 5.99. The zero-order chi connectivity index (χ0) is 29.6. The Kier molecular flexibility index (Phi) is 7.00. The van der Waals surface area contributed by atoms with Gasteiger partial charge in [-0.1, -0.05) is 6.07 Å². The van der Waals surface area contributed by atoms with E-state index in [0.29, 0.717) is 22.2 Å². The second kappa shape index (κ2) is 9.86. The number of aromatic nitrogens is 4. The first-order valence-electron chi connectivity index (χ1n) is 11.5. The number of hydrogen-bond acceptors (Lipinski definition) is 6. The SMILES string of the molecule is CCN(C(=O)c1cc(-c2cnn(-c3c(OC(F)F)c(C(F)(F)C(F)(F)F)nn3C)c2)ccc1C#N)C1(C#N)CC1. The Morgan fingerprint density at radius 3 is 2.40 bits per heavy atom. The largest absolute Gasteiger partial charge is 0.459 e.